The molecule has 0 aliphatic carbocycles. The Labute approximate surface area is 98.9 Å². The Morgan fingerprint density at radius 2 is 2.25 bits per heavy atom. The van der Waals surface area contributed by atoms with Gasteiger partial charge in [0.1, 0.15) is 5.15 Å². The molecule has 1 rings (SSSR count). The summed E-state index contributed by atoms with van der Waals surface area (Å²) in [5.41, 5.74) is 0.700. The van der Waals surface area contributed by atoms with Crippen molar-refractivity contribution >= 4 is 23.5 Å². The smallest absolute Gasteiger partial charge is 0.231 e. The normalized spacial score (nSPS) is 10.2. The first-order valence-corrected chi connectivity index (χ1v) is 5.41. The zero-order chi connectivity index (χ0) is 12.0. The molecule has 2 N–H and O–H groups in total. The summed E-state index contributed by atoms with van der Waals surface area (Å²) >= 11 is 5.72. The Kier molecular flexibility index (Phi) is 5.14. The van der Waals surface area contributed by atoms with Crippen LogP contribution in [-0.2, 0) is 4.79 Å². The number of unbranched alkanes of at least 4 members (excludes halogenated alkanes) is 1. The van der Waals surface area contributed by atoms with Crippen LogP contribution in [0.25, 0.3) is 0 Å². The number of anilines is 1. The molecule has 0 bridgehead atoms. The second-order valence-electron chi connectivity index (χ2n) is 3.38. The molecule has 0 saturated carbocycles. The van der Waals surface area contributed by atoms with Crippen LogP contribution in [0.5, 0.6) is 0 Å². The molecule has 1 heterocycles. The Morgan fingerprint density at radius 3 is 2.88 bits per heavy atom. The van der Waals surface area contributed by atoms with Crippen molar-refractivity contribution in [3.63, 3.8) is 0 Å². The highest BCUT2D eigenvalue weighted by atomic mass is 35.5. The van der Waals surface area contributed by atoms with Gasteiger partial charge in [0.05, 0.1) is 0 Å². The third kappa shape index (κ3) is 4.55. The van der Waals surface area contributed by atoms with Gasteiger partial charge in [-0.1, -0.05) is 11.6 Å². The number of halogens is 1. The Morgan fingerprint density at radius 1 is 1.50 bits per heavy atom. The lowest BCUT2D eigenvalue weighted by molar-refractivity contribution is -0.116. The van der Waals surface area contributed by atoms with Gasteiger partial charge in [-0.25, -0.2) is 9.97 Å². The van der Waals surface area contributed by atoms with E-state index >= 15 is 0 Å². The summed E-state index contributed by atoms with van der Waals surface area (Å²) in [4.78, 5) is 19.3. The maximum absolute atomic E-state index is 11.4. The lowest BCUT2D eigenvalue weighted by Gasteiger charge is -2.04. The van der Waals surface area contributed by atoms with Crippen LogP contribution >= 0.6 is 11.6 Å². The van der Waals surface area contributed by atoms with Crippen molar-refractivity contribution in [1.82, 2.24) is 9.97 Å². The fraction of sp³-hybridized carbons (Fsp3) is 0.500. The summed E-state index contributed by atoms with van der Waals surface area (Å²) in [6, 6.07) is 1.61. The van der Waals surface area contributed by atoms with Crippen molar-refractivity contribution in [2.75, 3.05) is 11.9 Å². The van der Waals surface area contributed by atoms with E-state index in [2.05, 4.69) is 15.3 Å². The highest BCUT2D eigenvalue weighted by Gasteiger charge is 2.05. The molecule has 5 nitrogen and oxygen atoms in total. The van der Waals surface area contributed by atoms with E-state index in [0.717, 1.165) is 0 Å². The monoisotopic (exact) mass is 243 g/mol. The van der Waals surface area contributed by atoms with E-state index in [9.17, 15) is 4.79 Å². The van der Waals surface area contributed by atoms with Crippen LogP contribution in [-0.4, -0.2) is 27.6 Å². The molecule has 1 amide bonds. The summed E-state index contributed by atoms with van der Waals surface area (Å²) < 4.78 is 0. The number of hydrogen-bond donors (Lipinski definition) is 2. The van der Waals surface area contributed by atoms with Gasteiger partial charge in [0.15, 0.2) is 0 Å². The molecule has 0 radical (unpaired) electrons. The number of carbonyl (C=O) groups is 1. The number of aromatic nitrogens is 2. The number of hydrogen-bond acceptors (Lipinski definition) is 4. The van der Waals surface area contributed by atoms with Crippen molar-refractivity contribution < 1.29 is 9.90 Å². The highest BCUT2D eigenvalue weighted by molar-refractivity contribution is 6.29. The van der Waals surface area contributed by atoms with Crippen molar-refractivity contribution in [2.24, 2.45) is 0 Å². The third-order valence-corrected chi connectivity index (χ3v) is 2.08. The Balaban J connectivity index is 2.49. The predicted molar refractivity (Wildman–Crippen MR) is 61.3 cm³/mol. The van der Waals surface area contributed by atoms with E-state index in [1.807, 2.05) is 0 Å². The molecule has 0 aliphatic heterocycles. The van der Waals surface area contributed by atoms with Crippen molar-refractivity contribution in [3.8, 4) is 0 Å². The number of nitrogens with one attached hydrogen (secondary N) is 1. The second-order valence-corrected chi connectivity index (χ2v) is 3.77. The average molecular weight is 244 g/mol. The zero-order valence-corrected chi connectivity index (χ0v) is 9.79. The molecule has 6 heteroatoms. The van der Waals surface area contributed by atoms with E-state index in [-0.39, 0.29) is 18.5 Å². The summed E-state index contributed by atoms with van der Waals surface area (Å²) in [7, 11) is 0. The standard InChI is InChI=1S/C10H14ClN3O2/c1-7-6-8(11)13-10(12-7)14-9(16)4-2-3-5-15/h6,15H,2-5H2,1H3,(H,12,13,14,16). The lowest BCUT2D eigenvalue weighted by atomic mass is 10.2. The first-order valence-electron chi connectivity index (χ1n) is 5.03. The van der Waals surface area contributed by atoms with Crippen LogP contribution in [0.3, 0.4) is 0 Å². The van der Waals surface area contributed by atoms with E-state index < -0.39 is 0 Å². The van der Waals surface area contributed by atoms with Crippen LogP contribution in [0.4, 0.5) is 5.95 Å². The highest BCUT2D eigenvalue weighted by Crippen LogP contribution is 2.10. The zero-order valence-electron chi connectivity index (χ0n) is 9.03. The molecule has 88 valence electrons. The van der Waals surface area contributed by atoms with E-state index in [1.165, 1.54) is 0 Å². The SMILES string of the molecule is Cc1cc(Cl)nc(NC(=O)CCCCO)n1. The predicted octanol–water partition coefficient (Wildman–Crippen LogP) is 1.54. The van der Waals surface area contributed by atoms with Crippen LogP contribution < -0.4 is 5.32 Å². The Hall–Kier alpha value is -1.20. The van der Waals surface area contributed by atoms with Crippen LogP contribution in [0, 0.1) is 6.92 Å². The number of nitrogens with zero attached hydrogens (tertiary/aromatic N) is 2. The number of rotatable bonds is 5. The molecular formula is C10H14ClN3O2. The molecular weight excluding hydrogens is 230 g/mol. The van der Waals surface area contributed by atoms with E-state index in [1.54, 1.807) is 13.0 Å². The number of aryl methyl sites for hydroxylation is 1. The molecule has 1 aromatic heterocycles. The van der Waals surface area contributed by atoms with Gasteiger partial charge in [0, 0.05) is 18.7 Å². The first kappa shape index (κ1) is 12.9. The van der Waals surface area contributed by atoms with Crippen LogP contribution in [0.15, 0.2) is 6.07 Å². The summed E-state index contributed by atoms with van der Waals surface area (Å²) in [5, 5.41) is 11.4. The van der Waals surface area contributed by atoms with Gasteiger partial charge in [0.25, 0.3) is 0 Å². The van der Waals surface area contributed by atoms with Crippen molar-refractivity contribution in [1.29, 1.82) is 0 Å². The molecule has 0 aliphatic rings. The topological polar surface area (TPSA) is 75.1 Å². The summed E-state index contributed by atoms with van der Waals surface area (Å²) in [6.45, 7) is 1.87. The minimum Gasteiger partial charge on any atom is -0.396 e. The molecule has 16 heavy (non-hydrogen) atoms. The quantitative estimate of drug-likeness (QED) is 0.608. The Bertz CT molecular complexity index is 351. The van der Waals surface area contributed by atoms with Gasteiger partial charge in [0.2, 0.25) is 11.9 Å². The summed E-state index contributed by atoms with van der Waals surface area (Å²) in [6.07, 6.45) is 1.60. The van der Waals surface area contributed by atoms with Gasteiger partial charge >= 0.3 is 0 Å². The van der Waals surface area contributed by atoms with E-state index in [0.29, 0.717) is 30.1 Å². The number of aliphatic hydroxyl groups excluding tert-OH is 1. The summed E-state index contributed by atoms with van der Waals surface area (Å²) in [5.74, 6) is 0.0501. The van der Waals surface area contributed by atoms with Crippen LogP contribution in [0.2, 0.25) is 5.15 Å². The average Bonchev–Trinajstić information content (AvgIpc) is 2.16. The number of aliphatic hydroxyl groups is 1. The maximum atomic E-state index is 11.4. The number of amides is 1. The molecule has 0 atom stereocenters. The molecule has 0 spiro atoms. The molecule has 0 saturated heterocycles. The lowest BCUT2D eigenvalue weighted by Crippen LogP contribution is -2.14. The molecule has 0 aromatic carbocycles. The van der Waals surface area contributed by atoms with Crippen LogP contribution in [0.1, 0.15) is 25.0 Å². The first-order chi connectivity index (χ1) is 7.61. The minimum atomic E-state index is -0.171. The minimum absolute atomic E-state index is 0.0973. The fourth-order valence-corrected chi connectivity index (χ4v) is 1.41. The van der Waals surface area contributed by atoms with E-state index in [4.69, 9.17) is 16.7 Å². The van der Waals surface area contributed by atoms with Gasteiger partial charge in [-0.05, 0) is 25.8 Å². The number of carbonyl (C=O) groups excluding carboxylic acids is 1. The molecule has 0 unspecified atom stereocenters. The third-order valence-electron chi connectivity index (χ3n) is 1.89. The largest absolute Gasteiger partial charge is 0.396 e. The van der Waals surface area contributed by atoms with Gasteiger partial charge in [-0.3, -0.25) is 10.1 Å². The van der Waals surface area contributed by atoms with Crippen molar-refractivity contribution in [3.05, 3.63) is 16.9 Å². The molecule has 1 aromatic rings. The van der Waals surface area contributed by atoms with Crippen molar-refractivity contribution in [2.45, 2.75) is 26.2 Å². The van der Waals surface area contributed by atoms with Gasteiger partial charge in [-0.15, -0.1) is 0 Å². The van der Waals surface area contributed by atoms with Gasteiger partial charge < -0.3 is 5.11 Å². The maximum Gasteiger partial charge on any atom is 0.231 e. The van der Waals surface area contributed by atoms with Gasteiger partial charge in [-0.2, -0.15) is 0 Å². The second kappa shape index (κ2) is 6.40. The molecule has 0 fully saturated rings. The fourth-order valence-electron chi connectivity index (χ4n) is 1.17.